The van der Waals surface area contributed by atoms with Gasteiger partial charge in [-0.15, -0.1) is 0 Å². The lowest BCUT2D eigenvalue weighted by Gasteiger charge is -2.33. The highest BCUT2D eigenvalue weighted by molar-refractivity contribution is 5.78. The van der Waals surface area contributed by atoms with Crippen molar-refractivity contribution in [1.29, 1.82) is 0 Å². The molecule has 100 valence electrons. The Morgan fingerprint density at radius 1 is 1.24 bits per heavy atom. The Kier molecular flexibility index (Phi) is 4.99. The van der Waals surface area contributed by atoms with Crippen molar-refractivity contribution in [2.75, 3.05) is 6.54 Å². The molecule has 2 N–H and O–H groups in total. The van der Waals surface area contributed by atoms with Crippen LogP contribution in [0, 0.1) is 11.8 Å². The van der Waals surface area contributed by atoms with Crippen LogP contribution in [-0.4, -0.2) is 24.0 Å². The van der Waals surface area contributed by atoms with Gasteiger partial charge < -0.3 is 10.6 Å². The van der Waals surface area contributed by atoms with Gasteiger partial charge in [0.1, 0.15) is 0 Å². The lowest BCUT2D eigenvalue weighted by Crippen LogP contribution is -2.48. The lowest BCUT2D eigenvalue weighted by atomic mass is 9.80. The minimum absolute atomic E-state index is 0.00400. The van der Waals surface area contributed by atoms with Crippen LogP contribution in [0.3, 0.4) is 0 Å². The van der Waals surface area contributed by atoms with Gasteiger partial charge in [0.2, 0.25) is 5.91 Å². The van der Waals surface area contributed by atoms with E-state index < -0.39 is 0 Å². The topological polar surface area (TPSA) is 41.1 Å². The fourth-order valence-electron chi connectivity index (χ4n) is 2.48. The first-order valence-electron chi connectivity index (χ1n) is 6.82. The molecule has 3 heteroatoms. The average molecular weight is 240 g/mol. The van der Waals surface area contributed by atoms with Gasteiger partial charge in [0.05, 0.1) is 6.54 Å². The van der Waals surface area contributed by atoms with E-state index in [1.54, 1.807) is 0 Å². The Morgan fingerprint density at radius 2 is 1.88 bits per heavy atom. The van der Waals surface area contributed by atoms with Gasteiger partial charge in [-0.05, 0) is 51.9 Å². The number of carbonyl (C=O) groups is 1. The molecule has 1 aliphatic carbocycles. The van der Waals surface area contributed by atoms with E-state index in [1.165, 1.54) is 12.8 Å². The Morgan fingerprint density at radius 3 is 2.41 bits per heavy atom. The number of nitrogens with one attached hydrogen (secondary N) is 2. The SMILES string of the molecule is CC1CCC(NC(=O)CNC(C)(C)C)C(C)C1. The zero-order chi connectivity index (χ0) is 13.1. The van der Waals surface area contributed by atoms with Crippen LogP contribution in [0.25, 0.3) is 0 Å². The van der Waals surface area contributed by atoms with E-state index in [2.05, 4.69) is 45.3 Å². The summed E-state index contributed by atoms with van der Waals surface area (Å²) in [6.45, 7) is 11.2. The fourth-order valence-corrected chi connectivity index (χ4v) is 2.48. The van der Waals surface area contributed by atoms with Gasteiger partial charge in [-0.3, -0.25) is 4.79 Å². The molecule has 0 aliphatic heterocycles. The molecule has 0 bridgehead atoms. The normalized spacial score (nSPS) is 30.1. The van der Waals surface area contributed by atoms with Gasteiger partial charge in [-0.2, -0.15) is 0 Å². The number of hydrogen-bond donors (Lipinski definition) is 2. The first-order valence-corrected chi connectivity index (χ1v) is 6.82. The second-order valence-electron chi connectivity index (χ2n) is 6.67. The molecule has 0 heterocycles. The Balaban J connectivity index is 2.31. The molecule has 1 rings (SSSR count). The summed E-state index contributed by atoms with van der Waals surface area (Å²) in [5.74, 6) is 1.55. The Hall–Kier alpha value is -0.570. The van der Waals surface area contributed by atoms with Crippen molar-refractivity contribution in [1.82, 2.24) is 10.6 Å². The molecule has 0 aromatic heterocycles. The molecule has 1 amide bonds. The molecule has 1 fully saturated rings. The van der Waals surface area contributed by atoms with Gasteiger partial charge in [-0.25, -0.2) is 0 Å². The zero-order valence-electron chi connectivity index (χ0n) is 12.0. The van der Waals surface area contributed by atoms with Gasteiger partial charge >= 0.3 is 0 Å². The molecule has 0 saturated heterocycles. The van der Waals surface area contributed by atoms with E-state index in [-0.39, 0.29) is 11.4 Å². The van der Waals surface area contributed by atoms with Crippen LogP contribution in [0.1, 0.15) is 53.9 Å². The van der Waals surface area contributed by atoms with E-state index in [0.29, 0.717) is 18.5 Å². The van der Waals surface area contributed by atoms with Crippen LogP contribution in [0.15, 0.2) is 0 Å². The summed E-state index contributed by atoms with van der Waals surface area (Å²) < 4.78 is 0. The molecule has 3 atom stereocenters. The maximum Gasteiger partial charge on any atom is 0.234 e. The smallest absolute Gasteiger partial charge is 0.234 e. The van der Waals surface area contributed by atoms with Crippen molar-refractivity contribution in [2.45, 2.75) is 65.5 Å². The lowest BCUT2D eigenvalue weighted by molar-refractivity contribution is -0.121. The van der Waals surface area contributed by atoms with Crippen molar-refractivity contribution in [3.05, 3.63) is 0 Å². The van der Waals surface area contributed by atoms with E-state index >= 15 is 0 Å². The summed E-state index contributed by atoms with van der Waals surface area (Å²) in [4.78, 5) is 11.8. The number of hydrogen-bond acceptors (Lipinski definition) is 2. The molecule has 0 radical (unpaired) electrons. The van der Waals surface area contributed by atoms with Crippen molar-refractivity contribution in [3.63, 3.8) is 0 Å². The quantitative estimate of drug-likeness (QED) is 0.795. The summed E-state index contributed by atoms with van der Waals surface area (Å²) in [6.07, 6.45) is 3.60. The molecule has 0 aromatic rings. The monoisotopic (exact) mass is 240 g/mol. The largest absolute Gasteiger partial charge is 0.352 e. The average Bonchev–Trinajstić information content (AvgIpc) is 2.18. The minimum atomic E-state index is 0.00400. The maximum atomic E-state index is 11.8. The molecule has 1 aliphatic rings. The van der Waals surface area contributed by atoms with Gasteiger partial charge in [0, 0.05) is 11.6 Å². The van der Waals surface area contributed by atoms with E-state index in [1.807, 2.05) is 0 Å². The second kappa shape index (κ2) is 5.85. The van der Waals surface area contributed by atoms with Crippen LogP contribution in [0.4, 0.5) is 0 Å². The van der Waals surface area contributed by atoms with Crippen molar-refractivity contribution in [2.24, 2.45) is 11.8 Å². The van der Waals surface area contributed by atoms with Crippen LogP contribution >= 0.6 is 0 Å². The highest BCUT2D eigenvalue weighted by Gasteiger charge is 2.26. The number of carbonyl (C=O) groups excluding carboxylic acids is 1. The third kappa shape index (κ3) is 5.53. The highest BCUT2D eigenvalue weighted by Crippen LogP contribution is 2.28. The second-order valence-corrected chi connectivity index (χ2v) is 6.67. The number of rotatable bonds is 3. The highest BCUT2D eigenvalue weighted by atomic mass is 16.2. The molecular formula is C14H28N2O. The standard InChI is InChI=1S/C14H28N2O/c1-10-6-7-12(11(2)8-10)16-13(17)9-15-14(3,4)5/h10-12,15H,6-9H2,1-5H3,(H,16,17). The number of amides is 1. The van der Waals surface area contributed by atoms with Crippen molar-refractivity contribution in [3.8, 4) is 0 Å². The van der Waals surface area contributed by atoms with Crippen LogP contribution in [0.5, 0.6) is 0 Å². The van der Waals surface area contributed by atoms with Crippen LogP contribution in [0.2, 0.25) is 0 Å². The third-order valence-electron chi connectivity index (χ3n) is 3.56. The summed E-state index contributed by atoms with van der Waals surface area (Å²) in [5.41, 5.74) is 0.00400. The molecule has 3 nitrogen and oxygen atoms in total. The first kappa shape index (κ1) is 14.5. The van der Waals surface area contributed by atoms with E-state index in [9.17, 15) is 4.79 Å². The van der Waals surface area contributed by atoms with Crippen LogP contribution in [-0.2, 0) is 4.79 Å². The minimum Gasteiger partial charge on any atom is -0.352 e. The van der Waals surface area contributed by atoms with Gasteiger partial charge in [0.25, 0.3) is 0 Å². The Bertz CT molecular complexity index is 257. The molecule has 1 saturated carbocycles. The van der Waals surface area contributed by atoms with Gasteiger partial charge in [0.15, 0.2) is 0 Å². The summed E-state index contributed by atoms with van der Waals surface area (Å²) >= 11 is 0. The predicted molar refractivity (Wildman–Crippen MR) is 71.9 cm³/mol. The van der Waals surface area contributed by atoms with Crippen molar-refractivity contribution < 1.29 is 4.79 Å². The zero-order valence-corrected chi connectivity index (χ0v) is 12.0. The van der Waals surface area contributed by atoms with Gasteiger partial charge in [-0.1, -0.05) is 13.8 Å². The van der Waals surface area contributed by atoms with Crippen molar-refractivity contribution >= 4 is 5.91 Å². The third-order valence-corrected chi connectivity index (χ3v) is 3.56. The summed E-state index contributed by atoms with van der Waals surface area (Å²) in [6, 6.07) is 0.375. The summed E-state index contributed by atoms with van der Waals surface area (Å²) in [5, 5.41) is 6.38. The molecule has 17 heavy (non-hydrogen) atoms. The molecule has 0 aromatic carbocycles. The van der Waals surface area contributed by atoms with Crippen LogP contribution < -0.4 is 10.6 Å². The Labute approximate surface area is 106 Å². The molecule has 3 unspecified atom stereocenters. The maximum absolute atomic E-state index is 11.8. The first-order chi connectivity index (χ1) is 7.78. The summed E-state index contributed by atoms with van der Waals surface area (Å²) in [7, 11) is 0. The fraction of sp³-hybridized carbons (Fsp3) is 0.929. The van der Waals surface area contributed by atoms with E-state index in [0.717, 1.165) is 12.3 Å². The molecule has 0 spiro atoms. The van der Waals surface area contributed by atoms with E-state index in [4.69, 9.17) is 0 Å². The predicted octanol–water partition coefficient (Wildman–Crippen LogP) is 2.32. The molecular weight excluding hydrogens is 212 g/mol.